The molecule has 4 atom stereocenters. The third-order valence-electron chi connectivity index (χ3n) is 3.34. The molecule has 0 aromatic carbocycles. The number of ether oxygens (including phenoxy) is 1. The minimum atomic E-state index is -1.39. The Kier molecular flexibility index (Phi) is 4.78. The Morgan fingerprint density at radius 1 is 1.45 bits per heavy atom. The average molecular weight is 310 g/mol. The second kappa shape index (κ2) is 6.58. The second-order valence-electron chi connectivity index (χ2n) is 4.81. The maximum absolute atomic E-state index is 11.7. The lowest BCUT2D eigenvalue weighted by Gasteiger charge is -2.16. The smallest absolute Gasteiger partial charge is 0.330 e. The van der Waals surface area contributed by atoms with Gasteiger partial charge in [-0.2, -0.15) is 4.79 Å². The van der Waals surface area contributed by atoms with Crippen molar-refractivity contribution in [2.45, 2.75) is 37.4 Å². The third kappa shape index (κ3) is 3.26. The maximum atomic E-state index is 11.7. The normalized spacial score (nSPS) is 27.4. The Hall–Kier alpha value is -2.39. The van der Waals surface area contributed by atoms with Crippen LogP contribution >= 0.6 is 0 Å². The SMILES string of the molecule is [N-]=[N+]=CC(=O)CC[C@H]1O[C@@H](n2ccc(=O)[nH]c2=O)[C@H](O)[C@@H]1O. The molecule has 2 heterocycles. The molecule has 0 bridgehead atoms. The summed E-state index contributed by atoms with van der Waals surface area (Å²) in [5.41, 5.74) is 6.85. The number of nitrogens with zero attached hydrogens (tertiary/aromatic N) is 3. The van der Waals surface area contributed by atoms with Crippen LogP contribution < -0.4 is 11.2 Å². The highest BCUT2D eigenvalue weighted by molar-refractivity contribution is 6.25. The van der Waals surface area contributed by atoms with Gasteiger partial charge in [0.2, 0.25) is 5.78 Å². The minimum absolute atomic E-state index is 0.0637. The molecule has 0 saturated carbocycles. The van der Waals surface area contributed by atoms with Crippen LogP contribution in [0, 0.1) is 0 Å². The zero-order valence-electron chi connectivity index (χ0n) is 11.3. The number of ketones is 1. The standard InChI is InChI=1S/C12H14N4O6/c13-14-5-6(17)1-2-7-9(19)10(20)11(22-7)16-4-3-8(18)15-12(16)21/h3-5,7,9-11,19-20H,1-2H2,(H,15,18,21)/t7-,9-,10-,11-/m1/s1. The van der Waals surface area contributed by atoms with Crippen LogP contribution in [0.2, 0.25) is 0 Å². The Bertz CT molecular complexity index is 719. The molecule has 0 amide bonds. The number of hydrogen-bond acceptors (Lipinski definition) is 6. The first-order chi connectivity index (χ1) is 10.4. The van der Waals surface area contributed by atoms with Gasteiger partial charge in [-0.25, -0.2) is 4.79 Å². The van der Waals surface area contributed by atoms with Crippen molar-refractivity contribution in [3.8, 4) is 0 Å². The number of carbonyl (C=O) groups is 1. The minimum Gasteiger partial charge on any atom is -0.388 e. The van der Waals surface area contributed by atoms with Gasteiger partial charge in [0.25, 0.3) is 5.56 Å². The molecule has 1 aromatic rings. The maximum Gasteiger partial charge on any atom is 0.330 e. The highest BCUT2D eigenvalue weighted by Crippen LogP contribution is 2.30. The summed E-state index contributed by atoms with van der Waals surface area (Å²) >= 11 is 0. The van der Waals surface area contributed by atoms with E-state index in [2.05, 4.69) is 4.79 Å². The molecule has 3 N–H and O–H groups in total. The summed E-state index contributed by atoms with van der Waals surface area (Å²) < 4.78 is 6.35. The molecule has 0 aliphatic carbocycles. The molecule has 118 valence electrons. The second-order valence-corrected chi connectivity index (χ2v) is 4.81. The van der Waals surface area contributed by atoms with Crippen LogP contribution in [0.15, 0.2) is 21.9 Å². The molecule has 1 aromatic heterocycles. The predicted molar refractivity (Wildman–Crippen MR) is 71.2 cm³/mol. The number of nitrogens with one attached hydrogen (secondary N) is 1. The molecule has 0 spiro atoms. The van der Waals surface area contributed by atoms with Gasteiger partial charge in [0.05, 0.1) is 6.10 Å². The van der Waals surface area contributed by atoms with Crippen LogP contribution in [0.5, 0.6) is 0 Å². The van der Waals surface area contributed by atoms with Gasteiger partial charge >= 0.3 is 11.9 Å². The van der Waals surface area contributed by atoms with Crippen molar-refractivity contribution in [3.63, 3.8) is 0 Å². The first-order valence-corrected chi connectivity index (χ1v) is 6.47. The van der Waals surface area contributed by atoms with Gasteiger partial charge in [0.15, 0.2) is 6.23 Å². The van der Waals surface area contributed by atoms with E-state index in [-0.39, 0.29) is 12.8 Å². The van der Waals surface area contributed by atoms with Crippen molar-refractivity contribution in [2.75, 3.05) is 0 Å². The fourth-order valence-corrected chi connectivity index (χ4v) is 2.24. The highest BCUT2D eigenvalue weighted by Gasteiger charge is 2.43. The summed E-state index contributed by atoms with van der Waals surface area (Å²) in [6, 6.07) is 1.08. The molecular weight excluding hydrogens is 296 g/mol. The number of aliphatic hydroxyl groups excluding tert-OH is 2. The van der Waals surface area contributed by atoms with Gasteiger partial charge in [-0.15, -0.1) is 0 Å². The Morgan fingerprint density at radius 2 is 2.18 bits per heavy atom. The van der Waals surface area contributed by atoms with Gasteiger partial charge in [-0.1, -0.05) is 0 Å². The molecule has 10 heteroatoms. The molecule has 0 unspecified atom stereocenters. The van der Waals surface area contributed by atoms with Crippen molar-refractivity contribution in [2.24, 2.45) is 0 Å². The number of aromatic amines is 1. The predicted octanol–water partition coefficient (Wildman–Crippen LogP) is -2.19. The summed E-state index contributed by atoms with van der Waals surface area (Å²) in [5, 5.41) is 19.9. The fraction of sp³-hybridized carbons (Fsp3) is 0.500. The van der Waals surface area contributed by atoms with Crippen LogP contribution in [0.1, 0.15) is 19.1 Å². The number of hydrogen-bond donors (Lipinski definition) is 3. The van der Waals surface area contributed by atoms with Gasteiger partial charge in [-0.3, -0.25) is 19.1 Å². The van der Waals surface area contributed by atoms with E-state index in [1.807, 2.05) is 4.98 Å². The Labute approximate surface area is 123 Å². The number of carbonyl (C=O) groups excluding carboxylic acids is 1. The number of Topliss-reactive ketones (excluding diaryl/α,β-unsaturated/α-hetero) is 1. The van der Waals surface area contributed by atoms with Gasteiger partial charge in [0, 0.05) is 18.7 Å². The largest absolute Gasteiger partial charge is 0.388 e. The quantitative estimate of drug-likeness (QED) is 0.318. The van der Waals surface area contributed by atoms with Gasteiger partial charge in [-0.05, 0) is 6.42 Å². The molecular formula is C12H14N4O6. The van der Waals surface area contributed by atoms with Crippen molar-refractivity contribution in [3.05, 3.63) is 38.6 Å². The molecule has 22 heavy (non-hydrogen) atoms. The summed E-state index contributed by atoms with van der Waals surface area (Å²) in [7, 11) is 0. The molecule has 2 rings (SSSR count). The molecule has 0 radical (unpaired) electrons. The topological polar surface area (TPSA) is 158 Å². The highest BCUT2D eigenvalue weighted by atomic mass is 16.6. The molecule has 1 saturated heterocycles. The van der Waals surface area contributed by atoms with Crippen LogP contribution in [0.4, 0.5) is 0 Å². The van der Waals surface area contributed by atoms with Gasteiger partial charge in [0.1, 0.15) is 12.2 Å². The number of aromatic nitrogens is 2. The fourth-order valence-electron chi connectivity index (χ4n) is 2.24. The first kappa shape index (κ1) is 16.0. The molecule has 1 fully saturated rings. The number of aliphatic hydroxyl groups is 2. The first-order valence-electron chi connectivity index (χ1n) is 6.47. The van der Waals surface area contributed by atoms with Gasteiger partial charge < -0.3 is 20.5 Å². The van der Waals surface area contributed by atoms with Crippen LogP contribution in [0.25, 0.3) is 5.53 Å². The number of H-pyrrole nitrogens is 1. The van der Waals surface area contributed by atoms with Crippen molar-refractivity contribution < 1.29 is 24.5 Å². The van der Waals surface area contributed by atoms with E-state index in [9.17, 15) is 24.6 Å². The van der Waals surface area contributed by atoms with Crippen LogP contribution in [0.3, 0.4) is 0 Å². The Balaban J connectivity index is 2.13. The van der Waals surface area contributed by atoms with Crippen molar-refractivity contribution in [1.29, 1.82) is 0 Å². The molecule has 10 nitrogen and oxygen atoms in total. The zero-order valence-corrected chi connectivity index (χ0v) is 11.3. The lowest BCUT2D eigenvalue weighted by Crippen LogP contribution is -2.37. The zero-order chi connectivity index (χ0) is 16.3. The lowest BCUT2D eigenvalue weighted by atomic mass is 10.0. The van der Waals surface area contributed by atoms with E-state index in [0.29, 0.717) is 0 Å². The summed E-state index contributed by atoms with van der Waals surface area (Å²) in [5.74, 6) is -0.475. The number of rotatable bonds is 5. The summed E-state index contributed by atoms with van der Waals surface area (Å²) in [6.07, 6.45) is -2.88. The van der Waals surface area contributed by atoms with E-state index < -0.39 is 41.6 Å². The van der Waals surface area contributed by atoms with E-state index in [1.165, 1.54) is 0 Å². The lowest BCUT2D eigenvalue weighted by molar-refractivity contribution is -0.117. The van der Waals surface area contributed by atoms with Crippen LogP contribution in [-0.4, -0.2) is 54.9 Å². The molecule has 1 aliphatic rings. The summed E-state index contributed by atoms with van der Waals surface area (Å²) in [6.45, 7) is 0. The van der Waals surface area contributed by atoms with Crippen molar-refractivity contribution in [1.82, 2.24) is 9.55 Å². The molecule has 1 aliphatic heterocycles. The van der Waals surface area contributed by atoms with E-state index in [1.54, 1.807) is 0 Å². The Morgan fingerprint density at radius 3 is 2.82 bits per heavy atom. The third-order valence-corrected chi connectivity index (χ3v) is 3.34. The van der Waals surface area contributed by atoms with E-state index in [4.69, 9.17) is 10.3 Å². The average Bonchev–Trinajstić information content (AvgIpc) is 2.74. The monoisotopic (exact) mass is 310 g/mol. The van der Waals surface area contributed by atoms with Crippen molar-refractivity contribution >= 4 is 12.0 Å². The summed E-state index contributed by atoms with van der Waals surface area (Å²) in [4.78, 5) is 38.5. The van der Waals surface area contributed by atoms with E-state index >= 15 is 0 Å². The van der Waals surface area contributed by atoms with Crippen LogP contribution in [-0.2, 0) is 9.53 Å². The van der Waals surface area contributed by atoms with E-state index in [0.717, 1.165) is 23.0 Å².